The molecule has 1 N–H and O–H groups in total. The Kier molecular flexibility index (Phi) is 5.75. The second-order valence-electron chi connectivity index (χ2n) is 6.33. The number of nitrogens with one attached hydrogen (secondary N) is 1. The third-order valence-corrected chi connectivity index (χ3v) is 4.52. The van der Waals surface area contributed by atoms with Crippen LogP contribution >= 0.6 is 0 Å². The van der Waals surface area contributed by atoms with E-state index in [0.29, 0.717) is 50.0 Å². The van der Waals surface area contributed by atoms with Gasteiger partial charge in [0, 0.05) is 18.2 Å². The van der Waals surface area contributed by atoms with Gasteiger partial charge in [0.05, 0.1) is 32.8 Å². The summed E-state index contributed by atoms with van der Waals surface area (Å²) < 4.78 is 16.0. The molecule has 2 aliphatic rings. The van der Waals surface area contributed by atoms with E-state index >= 15 is 0 Å². The fourth-order valence-corrected chi connectivity index (χ4v) is 3.14. The highest BCUT2D eigenvalue weighted by Crippen LogP contribution is 2.32. The minimum Gasteiger partial charge on any atom is -0.490 e. The van der Waals surface area contributed by atoms with E-state index in [9.17, 15) is 9.59 Å². The molecule has 2 aliphatic heterocycles. The molecule has 0 bridgehead atoms. The van der Waals surface area contributed by atoms with Gasteiger partial charge in [-0.15, -0.1) is 0 Å². The summed E-state index contributed by atoms with van der Waals surface area (Å²) in [6.07, 6.45) is 2.30. The zero-order valence-electron chi connectivity index (χ0n) is 14.5. The number of rotatable bonds is 4. The lowest BCUT2D eigenvalue weighted by Crippen LogP contribution is -2.41. The normalized spacial score (nSPS) is 18.3. The summed E-state index contributed by atoms with van der Waals surface area (Å²) in [5, 5.41) is 2.90. The number of carbonyl (C=O) groups excluding carboxylic acids is 2. The van der Waals surface area contributed by atoms with Crippen LogP contribution in [0.3, 0.4) is 0 Å². The van der Waals surface area contributed by atoms with Crippen LogP contribution in [-0.4, -0.2) is 56.7 Å². The zero-order valence-corrected chi connectivity index (χ0v) is 14.5. The maximum absolute atomic E-state index is 12.3. The topological polar surface area (TPSA) is 77.1 Å². The van der Waals surface area contributed by atoms with E-state index in [4.69, 9.17) is 14.2 Å². The lowest BCUT2D eigenvalue weighted by Gasteiger charge is -2.29. The molecule has 7 heteroatoms. The quantitative estimate of drug-likeness (QED) is 0.834. The number of amides is 1. The van der Waals surface area contributed by atoms with Crippen LogP contribution in [0, 0.1) is 5.92 Å². The number of ether oxygens (including phenoxy) is 3. The third kappa shape index (κ3) is 4.63. The SMILES string of the molecule is COC(=O)C1CCN(CC(=O)Nc2ccc3c(c2)OCCCO3)CC1. The first-order chi connectivity index (χ1) is 12.2. The Labute approximate surface area is 147 Å². The highest BCUT2D eigenvalue weighted by molar-refractivity contribution is 5.92. The monoisotopic (exact) mass is 348 g/mol. The van der Waals surface area contributed by atoms with Gasteiger partial charge in [-0.3, -0.25) is 14.5 Å². The van der Waals surface area contributed by atoms with E-state index in [-0.39, 0.29) is 17.8 Å². The number of hydrogen-bond donors (Lipinski definition) is 1. The minimum atomic E-state index is -0.156. The van der Waals surface area contributed by atoms with E-state index in [0.717, 1.165) is 19.3 Å². The molecule has 0 spiro atoms. The second-order valence-corrected chi connectivity index (χ2v) is 6.33. The lowest BCUT2D eigenvalue weighted by atomic mass is 9.97. The first-order valence-electron chi connectivity index (χ1n) is 8.65. The van der Waals surface area contributed by atoms with Crippen LogP contribution in [0.15, 0.2) is 18.2 Å². The number of anilines is 1. The number of piperidine rings is 1. The molecule has 3 rings (SSSR count). The van der Waals surface area contributed by atoms with Crippen LogP contribution in [0.1, 0.15) is 19.3 Å². The molecule has 0 aliphatic carbocycles. The maximum Gasteiger partial charge on any atom is 0.308 e. The molecule has 1 aromatic rings. The van der Waals surface area contributed by atoms with Crippen molar-refractivity contribution in [3.8, 4) is 11.5 Å². The van der Waals surface area contributed by atoms with Crippen LogP contribution in [0.2, 0.25) is 0 Å². The van der Waals surface area contributed by atoms with Crippen molar-refractivity contribution in [2.24, 2.45) is 5.92 Å². The van der Waals surface area contributed by atoms with Gasteiger partial charge in [0.2, 0.25) is 5.91 Å². The number of hydrogen-bond acceptors (Lipinski definition) is 6. The number of methoxy groups -OCH3 is 1. The molecule has 1 aromatic carbocycles. The Morgan fingerprint density at radius 1 is 1.20 bits per heavy atom. The van der Waals surface area contributed by atoms with Gasteiger partial charge in [0.25, 0.3) is 0 Å². The molecule has 0 aromatic heterocycles. The summed E-state index contributed by atoms with van der Waals surface area (Å²) in [5.74, 6) is 1.09. The molecule has 1 amide bonds. The molecule has 1 saturated heterocycles. The van der Waals surface area contributed by atoms with Crippen molar-refractivity contribution < 1.29 is 23.8 Å². The van der Waals surface area contributed by atoms with Crippen molar-refractivity contribution in [3.63, 3.8) is 0 Å². The molecule has 0 unspecified atom stereocenters. The number of benzene rings is 1. The molecule has 25 heavy (non-hydrogen) atoms. The molecule has 7 nitrogen and oxygen atoms in total. The van der Waals surface area contributed by atoms with Gasteiger partial charge >= 0.3 is 5.97 Å². The van der Waals surface area contributed by atoms with Crippen LogP contribution in [-0.2, 0) is 14.3 Å². The standard InChI is InChI=1S/C18H24N2O5/c1-23-18(22)13-5-7-20(8-6-13)12-17(21)19-14-3-4-15-16(11-14)25-10-2-9-24-15/h3-4,11,13H,2,5-10,12H2,1H3,(H,19,21). The predicted octanol–water partition coefficient (Wildman–Crippen LogP) is 1.67. The number of likely N-dealkylation sites (tertiary alicyclic amines) is 1. The highest BCUT2D eigenvalue weighted by atomic mass is 16.5. The van der Waals surface area contributed by atoms with E-state index in [1.165, 1.54) is 7.11 Å². The number of carbonyl (C=O) groups is 2. The smallest absolute Gasteiger partial charge is 0.308 e. The molecular formula is C18H24N2O5. The zero-order chi connectivity index (χ0) is 17.6. The lowest BCUT2D eigenvalue weighted by molar-refractivity contribution is -0.147. The Bertz CT molecular complexity index is 626. The van der Waals surface area contributed by atoms with Crippen molar-refractivity contribution in [1.82, 2.24) is 4.90 Å². The van der Waals surface area contributed by atoms with Crippen LogP contribution in [0.25, 0.3) is 0 Å². The van der Waals surface area contributed by atoms with Crippen molar-refractivity contribution in [2.75, 3.05) is 45.3 Å². The second kappa shape index (κ2) is 8.20. The van der Waals surface area contributed by atoms with Crippen molar-refractivity contribution in [3.05, 3.63) is 18.2 Å². The summed E-state index contributed by atoms with van der Waals surface area (Å²) in [7, 11) is 1.41. The fourth-order valence-electron chi connectivity index (χ4n) is 3.14. The summed E-state index contributed by atoms with van der Waals surface area (Å²) in [4.78, 5) is 25.9. The predicted molar refractivity (Wildman–Crippen MR) is 91.9 cm³/mol. The Morgan fingerprint density at radius 2 is 1.92 bits per heavy atom. The molecule has 1 fully saturated rings. The summed E-state index contributed by atoms with van der Waals surface area (Å²) >= 11 is 0. The Morgan fingerprint density at radius 3 is 2.64 bits per heavy atom. The van der Waals surface area contributed by atoms with Crippen LogP contribution < -0.4 is 14.8 Å². The number of esters is 1. The van der Waals surface area contributed by atoms with Crippen molar-refractivity contribution in [1.29, 1.82) is 0 Å². The molecule has 136 valence electrons. The van der Waals surface area contributed by atoms with E-state index in [1.54, 1.807) is 6.07 Å². The van der Waals surface area contributed by atoms with E-state index < -0.39 is 0 Å². The summed E-state index contributed by atoms with van der Waals surface area (Å²) in [6.45, 7) is 2.99. The first-order valence-corrected chi connectivity index (χ1v) is 8.65. The Balaban J connectivity index is 1.50. The van der Waals surface area contributed by atoms with Crippen molar-refractivity contribution >= 4 is 17.6 Å². The summed E-state index contributed by atoms with van der Waals surface area (Å²) in [5.41, 5.74) is 0.693. The van der Waals surface area contributed by atoms with Gasteiger partial charge < -0.3 is 19.5 Å². The van der Waals surface area contributed by atoms with E-state index in [2.05, 4.69) is 10.2 Å². The maximum atomic E-state index is 12.3. The first kappa shape index (κ1) is 17.5. The van der Waals surface area contributed by atoms with Gasteiger partial charge in [-0.05, 0) is 38.1 Å². The van der Waals surface area contributed by atoms with Gasteiger partial charge in [-0.2, -0.15) is 0 Å². The molecule has 2 heterocycles. The van der Waals surface area contributed by atoms with Crippen LogP contribution in [0.4, 0.5) is 5.69 Å². The van der Waals surface area contributed by atoms with Crippen LogP contribution in [0.5, 0.6) is 11.5 Å². The van der Waals surface area contributed by atoms with Gasteiger partial charge in [0.1, 0.15) is 0 Å². The Hall–Kier alpha value is -2.28. The van der Waals surface area contributed by atoms with Gasteiger partial charge in [0.15, 0.2) is 11.5 Å². The number of nitrogens with zero attached hydrogens (tertiary/aromatic N) is 1. The third-order valence-electron chi connectivity index (χ3n) is 4.52. The molecule has 0 atom stereocenters. The average molecular weight is 348 g/mol. The summed E-state index contributed by atoms with van der Waals surface area (Å²) in [6, 6.07) is 5.43. The fraction of sp³-hybridized carbons (Fsp3) is 0.556. The van der Waals surface area contributed by atoms with Gasteiger partial charge in [-0.1, -0.05) is 0 Å². The van der Waals surface area contributed by atoms with E-state index in [1.807, 2.05) is 12.1 Å². The molecule has 0 saturated carbocycles. The minimum absolute atomic E-state index is 0.0500. The average Bonchev–Trinajstić information content (AvgIpc) is 2.86. The highest BCUT2D eigenvalue weighted by Gasteiger charge is 2.26. The van der Waals surface area contributed by atoms with Crippen molar-refractivity contribution in [2.45, 2.75) is 19.3 Å². The van der Waals surface area contributed by atoms with Gasteiger partial charge in [-0.25, -0.2) is 0 Å². The largest absolute Gasteiger partial charge is 0.490 e. The molecular weight excluding hydrogens is 324 g/mol. The molecule has 0 radical (unpaired) electrons. The number of fused-ring (bicyclic) bond motifs is 1.